The largest absolute Gasteiger partial charge is 0.504 e. The van der Waals surface area contributed by atoms with E-state index in [-0.39, 0.29) is 11.5 Å². The minimum atomic E-state index is -0.478. The molecule has 0 aliphatic heterocycles. The normalized spacial score (nSPS) is 10.7. The number of thiazole rings is 1. The smallest absolute Gasteiger partial charge is 0.200 e. The van der Waals surface area contributed by atoms with Crippen molar-refractivity contribution in [1.82, 2.24) is 10.3 Å². The number of aromatic nitrogens is 1. The van der Waals surface area contributed by atoms with Crippen LogP contribution in [0, 0.1) is 0 Å². The van der Waals surface area contributed by atoms with E-state index in [1.807, 2.05) is 5.38 Å². The van der Waals surface area contributed by atoms with Gasteiger partial charge in [-0.15, -0.1) is 11.3 Å². The molecule has 1 heterocycles. The molecule has 0 spiro atoms. The first-order valence-corrected chi connectivity index (χ1v) is 6.43. The molecule has 0 fully saturated rings. The number of benzene rings is 1. The maximum absolute atomic E-state index is 9.60. The van der Waals surface area contributed by atoms with Gasteiger partial charge in [0.1, 0.15) is 0 Å². The Labute approximate surface area is 108 Å². The van der Waals surface area contributed by atoms with E-state index in [0.29, 0.717) is 12.1 Å². The number of phenols is 3. The van der Waals surface area contributed by atoms with Crippen molar-refractivity contribution in [3.05, 3.63) is 34.3 Å². The maximum Gasteiger partial charge on any atom is 0.200 e. The van der Waals surface area contributed by atoms with Crippen LogP contribution < -0.4 is 5.32 Å². The number of hydrogen-bond donors (Lipinski definition) is 4. The Morgan fingerprint density at radius 2 is 2.00 bits per heavy atom. The standard InChI is InChI=1S/C12H14N2O3S/c15-10-2-1-8(11(16)12(10)17)5-13-4-3-9-6-18-7-14-9/h1-2,6-7,13,15-17H,3-5H2. The monoisotopic (exact) mass is 266 g/mol. The van der Waals surface area contributed by atoms with Crippen LogP contribution in [0.1, 0.15) is 11.3 Å². The van der Waals surface area contributed by atoms with E-state index in [9.17, 15) is 15.3 Å². The second-order valence-corrected chi connectivity index (χ2v) is 4.57. The van der Waals surface area contributed by atoms with Crippen LogP contribution in [0.15, 0.2) is 23.0 Å². The zero-order valence-electron chi connectivity index (χ0n) is 9.63. The van der Waals surface area contributed by atoms with Crippen molar-refractivity contribution < 1.29 is 15.3 Å². The Morgan fingerprint density at radius 1 is 1.17 bits per heavy atom. The second-order valence-electron chi connectivity index (χ2n) is 3.85. The molecule has 5 nitrogen and oxygen atoms in total. The van der Waals surface area contributed by atoms with Crippen LogP contribution in [0.3, 0.4) is 0 Å². The molecular formula is C12H14N2O3S. The average Bonchev–Trinajstić information content (AvgIpc) is 2.87. The quantitative estimate of drug-likeness (QED) is 0.488. The molecule has 18 heavy (non-hydrogen) atoms. The van der Waals surface area contributed by atoms with Crippen molar-refractivity contribution in [2.75, 3.05) is 6.54 Å². The minimum absolute atomic E-state index is 0.281. The summed E-state index contributed by atoms with van der Waals surface area (Å²) in [6, 6.07) is 2.92. The second kappa shape index (κ2) is 5.70. The summed E-state index contributed by atoms with van der Waals surface area (Å²) in [7, 11) is 0. The lowest BCUT2D eigenvalue weighted by Crippen LogP contribution is -2.16. The first-order valence-electron chi connectivity index (χ1n) is 5.49. The molecule has 2 rings (SSSR count). The van der Waals surface area contributed by atoms with E-state index in [2.05, 4.69) is 10.3 Å². The third-order valence-corrected chi connectivity index (χ3v) is 3.21. The molecule has 1 aromatic heterocycles. The van der Waals surface area contributed by atoms with Crippen LogP contribution in [0.25, 0.3) is 0 Å². The fourth-order valence-electron chi connectivity index (χ4n) is 1.55. The van der Waals surface area contributed by atoms with Gasteiger partial charge in [-0.3, -0.25) is 0 Å². The van der Waals surface area contributed by atoms with Gasteiger partial charge in [0, 0.05) is 30.5 Å². The molecular weight excluding hydrogens is 252 g/mol. The van der Waals surface area contributed by atoms with Crippen LogP contribution >= 0.6 is 11.3 Å². The van der Waals surface area contributed by atoms with Crippen LogP contribution in [0.5, 0.6) is 17.2 Å². The third-order valence-electron chi connectivity index (χ3n) is 2.57. The lowest BCUT2D eigenvalue weighted by atomic mass is 10.1. The molecule has 0 unspecified atom stereocenters. The molecule has 0 radical (unpaired) electrons. The van der Waals surface area contributed by atoms with Crippen LogP contribution in [0.2, 0.25) is 0 Å². The molecule has 0 bridgehead atoms. The first kappa shape index (κ1) is 12.7. The highest BCUT2D eigenvalue weighted by Crippen LogP contribution is 2.36. The summed E-state index contributed by atoms with van der Waals surface area (Å²) in [6.45, 7) is 1.15. The molecule has 4 N–H and O–H groups in total. The van der Waals surface area contributed by atoms with E-state index >= 15 is 0 Å². The number of phenolic OH excluding ortho intramolecular Hbond substituents is 3. The van der Waals surface area contributed by atoms with Gasteiger partial charge in [-0.2, -0.15) is 0 Å². The zero-order chi connectivity index (χ0) is 13.0. The molecule has 0 saturated carbocycles. The lowest BCUT2D eigenvalue weighted by molar-refractivity contribution is 0.364. The summed E-state index contributed by atoms with van der Waals surface area (Å²) in [5.41, 5.74) is 3.37. The van der Waals surface area contributed by atoms with E-state index in [1.54, 1.807) is 22.9 Å². The van der Waals surface area contributed by atoms with Gasteiger partial charge in [0.15, 0.2) is 11.5 Å². The number of aromatic hydroxyl groups is 3. The van der Waals surface area contributed by atoms with Crippen LogP contribution in [0.4, 0.5) is 0 Å². The number of rotatable bonds is 5. The Hall–Kier alpha value is -1.79. The topological polar surface area (TPSA) is 85.6 Å². The summed E-state index contributed by atoms with van der Waals surface area (Å²) in [5, 5.41) is 33.3. The molecule has 0 atom stereocenters. The van der Waals surface area contributed by atoms with Crippen LogP contribution in [-0.4, -0.2) is 26.8 Å². The zero-order valence-corrected chi connectivity index (χ0v) is 10.4. The van der Waals surface area contributed by atoms with Crippen molar-refractivity contribution in [1.29, 1.82) is 0 Å². The summed E-state index contributed by atoms with van der Waals surface area (Å²) in [6.07, 6.45) is 0.814. The fraction of sp³-hybridized carbons (Fsp3) is 0.250. The fourth-order valence-corrected chi connectivity index (χ4v) is 2.15. The highest BCUT2D eigenvalue weighted by molar-refractivity contribution is 7.07. The van der Waals surface area contributed by atoms with E-state index in [1.165, 1.54) is 6.07 Å². The molecule has 0 saturated heterocycles. The van der Waals surface area contributed by atoms with Gasteiger partial charge in [0.25, 0.3) is 0 Å². The summed E-state index contributed by atoms with van der Waals surface area (Å²) in [5.74, 6) is -1.08. The summed E-state index contributed by atoms with van der Waals surface area (Å²) in [4.78, 5) is 4.16. The van der Waals surface area contributed by atoms with Crippen molar-refractivity contribution in [3.63, 3.8) is 0 Å². The molecule has 2 aromatic rings. The molecule has 0 aliphatic carbocycles. The first-order chi connectivity index (χ1) is 8.68. The van der Waals surface area contributed by atoms with Gasteiger partial charge < -0.3 is 20.6 Å². The average molecular weight is 266 g/mol. The van der Waals surface area contributed by atoms with Gasteiger partial charge in [-0.05, 0) is 6.07 Å². The number of nitrogens with one attached hydrogen (secondary N) is 1. The van der Waals surface area contributed by atoms with E-state index < -0.39 is 5.75 Å². The third kappa shape index (κ3) is 2.91. The predicted octanol–water partition coefficient (Wildman–Crippen LogP) is 1.59. The molecule has 0 amide bonds. The molecule has 0 aliphatic rings. The Bertz CT molecular complexity index is 514. The SMILES string of the molecule is Oc1ccc(CNCCc2cscn2)c(O)c1O. The molecule has 1 aromatic carbocycles. The van der Waals surface area contributed by atoms with Crippen molar-refractivity contribution in [2.45, 2.75) is 13.0 Å². The summed E-state index contributed by atoms with van der Waals surface area (Å²) < 4.78 is 0. The lowest BCUT2D eigenvalue weighted by Gasteiger charge is -2.08. The van der Waals surface area contributed by atoms with E-state index in [0.717, 1.165) is 18.7 Å². The van der Waals surface area contributed by atoms with Crippen molar-refractivity contribution >= 4 is 11.3 Å². The highest BCUT2D eigenvalue weighted by Gasteiger charge is 2.10. The van der Waals surface area contributed by atoms with Gasteiger partial charge in [-0.1, -0.05) is 6.07 Å². The maximum atomic E-state index is 9.60. The Morgan fingerprint density at radius 3 is 2.72 bits per heavy atom. The van der Waals surface area contributed by atoms with Crippen LogP contribution in [-0.2, 0) is 13.0 Å². The Balaban J connectivity index is 1.85. The number of hydrogen-bond acceptors (Lipinski definition) is 6. The Kier molecular flexibility index (Phi) is 4.01. The number of nitrogens with zero attached hydrogens (tertiary/aromatic N) is 1. The van der Waals surface area contributed by atoms with Gasteiger partial charge >= 0.3 is 0 Å². The predicted molar refractivity (Wildman–Crippen MR) is 69.0 cm³/mol. The van der Waals surface area contributed by atoms with E-state index in [4.69, 9.17) is 0 Å². The molecule has 96 valence electrons. The molecule has 6 heteroatoms. The van der Waals surface area contributed by atoms with Gasteiger partial charge in [0.05, 0.1) is 11.2 Å². The highest BCUT2D eigenvalue weighted by atomic mass is 32.1. The minimum Gasteiger partial charge on any atom is -0.504 e. The van der Waals surface area contributed by atoms with Crippen molar-refractivity contribution in [3.8, 4) is 17.2 Å². The van der Waals surface area contributed by atoms with Gasteiger partial charge in [0.2, 0.25) is 5.75 Å². The van der Waals surface area contributed by atoms with Crippen molar-refractivity contribution in [2.24, 2.45) is 0 Å². The summed E-state index contributed by atoms with van der Waals surface area (Å²) >= 11 is 1.56. The van der Waals surface area contributed by atoms with Gasteiger partial charge in [-0.25, -0.2) is 4.98 Å².